The van der Waals surface area contributed by atoms with Gasteiger partial charge in [-0.2, -0.15) is 4.37 Å². The molecule has 1 aliphatic rings. The Morgan fingerprint density at radius 2 is 2.22 bits per heavy atom. The monoisotopic (exact) mass is 267 g/mol. The lowest BCUT2D eigenvalue weighted by Crippen LogP contribution is -2.41. The van der Waals surface area contributed by atoms with Crippen LogP contribution in [0.3, 0.4) is 0 Å². The van der Waals surface area contributed by atoms with E-state index in [1.165, 1.54) is 18.0 Å². The number of aromatic nitrogens is 2. The van der Waals surface area contributed by atoms with Crippen molar-refractivity contribution in [3.63, 3.8) is 0 Å². The summed E-state index contributed by atoms with van der Waals surface area (Å²) in [4.78, 5) is 16.6. The van der Waals surface area contributed by atoms with Crippen LogP contribution >= 0.6 is 11.5 Å². The molecular weight excluding hydrogens is 246 g/mol. The van der Waals surface area contributed by atoms with E-state index in [1.807, 2.05) is 0 Å². The van der Waals surface area contributed by atoms with Crippen molar-refractivity contribution in [1.82, 2.24) is 14.7 Å². The Morgan fingerprint density at radius 3 is 2.78 bits per heavy atom. The zero-order valence-corrected chi connectivity index (χ0v) is 12.1. The first-order valence-electron chi connectivity index (χ1n) is 6.56. The summed E-state index contributed by atoms with van der Waals surface area (Å²) in [6.07, 6.45) is 3.71. The maximum atomic E-state index is 12.1. The van der Waals surface area contributed by atoms with Crippen LogP contribution in [0, 0.1) is 0 Å². The number of Topliss-reactive ketones (excluding diaryl/α,β-unsaturated/α-hetero) is 1. The molecule has 0 spiro atoms. The van der Waals surface area contributed by atoms with Crippen molar-refractivity contribution >= 4 is 17.3 Å². The third-order valence-electron chi connectivity index (χ3n) is 3.16. The topological polar surface area (TPSA) is 54.9 Å². The lowest BCUT2D eigenvalue weighted by molar-refractivity contribution is -0.120. The Bertz CT molecular complexity index is 416. The molecule has 0 unspecified atom stereocenters. The van der Waals surface area contributed by atoms with E-state index in [4.69, 9.17) is 0 Å². The summed E-state index contributed by atoms with van der Waals surface area (Å²) in [7, 11) is 0. The second kappa shape index (κ2) is 5.45. The van der Waals surface area contributed by atoms with E-state index in [0.717, 1.165) is 30.2 Å². The first-order chi connectivity index (χ1) is 8.47. The normalized spacial score (nSPS) is 20.9. The lowest BCUT2D eigenvalue weighted by atomic mass is 9.96. The predicted octanol–water partition coefficient (Wildman–Crippen LogP) is 2.09. The van der Waals surface area contributed by atoms with E-state index in [1.54, 1.807) is 0 Å². The third-order valence-corrected chi connectivity index (χ3v) is 3.87. The summed E-state index contributed by atoms with van der Waals surface area (Å²) in [6.45, 7) is 7.22. The number of piperidine rings is 1. The number of carbonyl (C=O) groups is 1. The van der Waals surface area contributed by atoms with Crippen molar-refractivity contribution in [3.8, 4) is 0 Å². The van der Waals surface area contributed by atoms with Crippen LogP contribution < -0.4 is 5.32 Å². The highest BCUT2D eigenvalue weighted by molar-refractivity contribution is 7.05. The van der Waals surface area contributed by atoms with E-state index in [2.05, 4.69) is 35.4 Å². The molecule has 0 aliphatic carbocycles. The van der Waals surface area contributed by atoms with Crippen LogP contribution in [0.2, 0.25) is 0 Å². The molecule has 1 aliphatic heterocycles. The summed E-state index contributed by atoms with van der Waals surface area (Å²) in [5.41, 5.74) is -0.0408. The Kier molecular flexibility index (Phi) is 4.12. The zero-order valence-electron chi connectivity index (χ0n) is 11.3. The Hall–Kier alpha value is -0.810. The number of ketones is 1. The van der Waals surface area contributed by atoms with Gasteiger partial charge < -0.3 is 5.32 Å². The van der Waals surface area contributed by atoms with E-state index in [-0.39, 0.29) is 17.2 Å². The molecule has 1 atom stereocenters. The molecule has 1 N–H and O–H groups in total. The highest BCUT2D eigenvalue weighted by Gasteiger charge is 2.24. The van der Waals surface area contributed by atoms with Crippen molar-refractivity contribution in [2.24, 2.45) is 0 Å². The molecule has 1 fully saturated rings. The summed E-state index contributed by atoms with van der Waals surface area (Å²) in [5, 5.41) is 4.13. The maximum Gasteiger partial charge on any atom is 0.156 e. The average Bonchev–Trinajstić information content (AvgIpc) is 2.78. The molecule has 0 amide bonds. The van der Waals surface area contributed by atoms with Crippen LogP contribution in [0.15, 0.2) is 0 Å². The van der Waals surface area contributed by atoms with Gasteiger partial charge in [0.2, 0.25) is 0 Å². The molecule has 0 bridgehead atoms. The van der Waals surface area contributed by atoms with Crippen LogP contribution in [0.4, 0.5) is 0 Å². The van der Waals surface area contributed by atoms with E-state index < -0.39 is 0 Å². The van der Waals surface area contributed by atoms with Gasteiger partial charge in [0.1, 0.15) is 10.8 Å². The van der Waals surface area contributed by atoms with Crippen LogP contribution in [-0.4, -0.2) is 27.7 Å². The number of nitrogens with zero attached hydrogens (tertiary/aromatic N) is 2. The number of rotatable bonds is 3. The molecule has 2 rings (SSSR count). The van der Waals surface area contributed by atoms with Crippen molar-refractivity contribution in [2.45, 2.75) is 57.9 Å². The fraction of sp³-hybridized carbons (Fsp3) is 0.769. The first-order valence-corrected chi connectivity index (χ1v) is 7.33. The van der Waals surface area contributed by atoms with Gasteiger partial charge in [-0.15, -0.1) is 0 Å². The standard InChI is InChI=1S/C13H21N3OS/c1-13(2,3)12-15-11(18-16-12)8-10(17)9-6-4-5-7-14-9/h9,14H,4-8H2,1-3H3/t9-/m0/s1. The van der Waals surface area contributed by atoms with Crippen molar-refractivity contribution in [3.05, 3.63) is 10.8 Å². The molecule has 18 heavy (non-hydrogen) atoms. The van der Waals surface area contributed by atoms with Gasteiger partial charge in [-0.3, -0.25) is 4.79 Å². The van der Waals surface area contributed by atoms with Crippen LogP contribution in [-0.2, 0) is 16.6 Å². The lowest BCUT2D eigenvalue weighted by Gasteiger charge is -2.21. The second-order valence-corrected chi connectivity index (χ2v) is 6.74. The van der Waals surface area contributed by atoms with Crippen LogP contribution in [0.25, 0.3) is 0 Å². The van der Waals surface area contributed by atoms with Crippen molar-refractivity contribution < 1.29 is 4.79 Å². The number of nitrogens with one attached hydrogen (secondary N) is 1. The molecular formula is C13H21N3OS. The molecule has 0 aromatic carbocycles. The molecule has 100 valence electrons. The van der Waals surface area contributed by atoms with Gasteiger partial charge in [0.25, 0.3) is 0 Å². The largest absolute Gasteiger partial charge is 0.307 e. The summed E-state index contributed by atoms with van der Waals surface area (Å²) in [6, 6.07) is 0.0285. The molecule has 0 radical (unpaired) electrons. The van der Waals surface area contributed by atoms with E-state index >= 15 is 0 Å². The Balaban J connectivity index is 1.96. The predicted molar refractivity (Wildman–Crippen MR) is 73.0 cm³/mol. The first kappa shape index (κ1) is 13.6. The van der Waals surface area contributed by atoms with Gasteiger partial charge in [0, 0.05) is 5.41 Å². The van der Waals surface area contributed by atoms with Gasteiger partial charge in [0.15, 0.2) is 5.78 Å². The molecule has 2 heterocycles. The van der Waals surface area contributed by atoms with E-state index in [9.17, 15) is 4.79 Å². The molecule has 4 nitrogen and oxygen atoms in total. The minimum absolute atomic E-state index is 0.0285. The molecule has 1 saturated heterocycles. The minimum Gasteiger partial charge on any atom is -0.307 e. The Morgan fingerprint density at radius 1 is 1.44 bits per heavy atom. The third kappa shape index (κ3) is 3.36. The maximum absolute atomic E-state index is 12.1. The van der Waals surface area contributed by atoms with Crippen LogP contribution in [0.1, 0.15) is 50.9 Å². The quantitative estimate of drug-likeness (QED) is 0.911. The van der Waals surface area contributed by atoms with Gasteiger partial charge in [-0.25, -0.2) is 4.98 Å². The Labute approximate surface area is 112 Å². The SMILES string of the molecule is CC(C)(C)c1nsc(CC(=O)[C@@H]2CCCCN2)n1. The van der Waals surface area contributed by atoms with Gasteiger partial charge >= 0.3 is 0 Å². The average molecular weight is 267 g/mol. The summed E-state index contributed by atoms with van der Waals surface area (Å²) < 4.78 is 4.34. The highest BCUT2D eigenvalue weighted by Crippen LogP contribution is 2.21. The second-order valence-electron chi connectivity index (χ2n) is 5.91. The van der Waals surface area contributed by atoms with Gasteiger partial charge in [-0.1, -0.05) is 27.2 Å². The highest BCUT2D eigenvalue weighted by atomic mass is 32.1. The smallest absolute Gasteiger partial charge is 0.156 e. The number of carbonyl (C=O) groups excluding carboxylic acids is 1. The van der Waals surface area contributed by atoms with Crippen molar-refractivity contribution in [1.29, 1.82) is 0 Å². The molecule has 0 saturated carbocycles. The summed E-state index contributed by atoms with van der Waals surface area (Å²) >= 11 is 1.36. The van der Waals surface area contributed by atoms with Crippen molar-refractivity contribution in [2.75, 3.05) is 6.54 Å². The van der Waals surface area contributed by atoms with Gasteiger partial charge in [-0.05, 0) is 30.9 Å². The zero-order chi connectivity index (χ0) is 13.2. The fourth-order valence-electron chi connectivity index (χ4n) is 2.03. The number of hydrogen-bond donors (Lipinski definition) is 1. The number of hydrogen-bond acceptors (Lipinski definition) is 5. The molecule has 1 aromatic heterocycles. The van der Waals surface area contributed by atoms with Gasteiger partial charge in [0.05, 0.1) is 12.5 Å². The molecule has 1 aromatic rings. The fourth-order valence-corrected chi connectivity index (χ4v) is 2.87. The summed E-state index contributed by atoms with van der Waals surface area (Å²) in [5.74, 6) is 1.10. The van der Waals surface area contributed by atoms with E-state index in [0.29, 0.717) is 6.42 Å². The minimum atomic E-state index is -0.0408. The molecule has 5 heteroatoms. The van der Waals surface area contributed by atoms with Crippen LogP contribution in [0.5, 0.6) is 0 Å².